The molecule has 0 amide bonds. The maximum Gasteiger partial charge on any atom is 0.207 e. The second kappa shape index (κ2) is 13.2. The number of pyridine rings is 1. The monoisotopic (exact) mass is 730 g/mol. The van der Waals surface area contributed by atoms with Crippen LogP contribution in [-0.2, 0) is 14.9 Å². The molecule has 3 atom stereocenters. The number of para-hydroxylation sites is 2. The molecule has 2 aliphatic heterocycles. The molecular formula is C51H58N2O2. The average Bonchev–Trinajstić information content (AvgIpc) is 3.49. The Morgan fingerprint density at radius 2 is 1.44 bits per heavy atom. The van der Waals surface area contributed by atoms with E-state index in [2.05, 4.69) is 178 Å². The summed E-state index contributed by atoms with van der Waals surface area (Å²) in [5.41, 5.74) is 11.3. The summed E-state index contributed by atoms with van der Waals surface area (Å²) in [7, 11) is 0. The van der Waals surface area contributed by atoms with E-state index in [1.165, 1.54) is 55.3 Å². The Bertz CT molecular complexity index is 2430. The van der Waals surface area contributed by atoms with Gasteiger partial charge in [-0.05, 0) is 88.5 Å². The molecule has 0 bridgehead atoms. The van der Waals surface area contributed by atoms with Crippen molar-refractivity contribution in [2.45, 2.75) is 112 Å². The number of ether oxygens (including phenoxy) is 2. The third kappa shape index (κ3) is 6.03. The van der Waals surface area contributed by atoms with E-state index in [0.29, 0.717) is 5.92 Å². The topological polar surface area (TPSA) is 36.3 Å². The first-order chi connectivity index (χ1) is 26.1. The number of aromatic nitrogens is 2. The summed E-state index contributed by atoms with van der Waals surface area (Å²) in [6.45, 7) is 25.1. The molecule has 6 aromatic rings. The van der Waals surface area contributed by atoms with E-state index in [1.54, 1.807) is 0 Å². The minimum atomic E-state index is -0.514. The van der Waals surface area contributed by atoms with Crippen LogP contribution in [0.1, 0.15) is 112 Å². The summed E-state index contributed by atoms with van der Waals surface area (Å²) in [6, 6.07) is 36.0. The Morgan fingerprint density at radius 3 is 2.13 bits per heavy atom. The van der Waals surface area contributed by atoms with Crippen molar-refractivity contribution >= 4 is 21.8 Å². The van der Waals surface area contributed by atoms with Crippen molar-refractivity contribution in [1.82, 2.24) is 9.55 Å². The van der Waals surface area contributed by atoms with Crippen molar-refractivity contribution in [3.05, 3.63) is 132 Å². The van der Waals surface area contributed by atoms with Gasteiger partial charge in [0.15, 0.2) is 0 Å². The highest BCUT2D eigenvalue weighted by Crippen LogP contribution is 2.51. The van der Waals surface area contributed by atoms with Crippen molar-refractivity contribution in [3.63, 3.8) is 0 Å². The van der Waals surface area contributed by atoms with Crippen LogP contribution in [0.5, 0.6) is 0 Å². The maximum absolute atomic E-state index is 7.21. The molecule has 4 heterocycles. The third-order valence-corrected chi connectivity index (χ3v) is 13.1. The number of hydrogen-bond donors (Lipinski definition) is 0. The zero-order chi connectivity index (χ0) is 39.1. The highest BCUT2D eigenvalue weighted by atomic mass is 16.7. The van der Waals surface area contributed by atoms with Gasteiger partial charge in [0.1, 0.15) is 5.76 Å². The van der Waals surface area contributed by atoms with E-state index in [0.717, 1.165) is 29.9 Å². The van der Waals surface area contributed by atoms with Gasteiger partial charge < -0.3 is 14.0 Å². The van der Waals surface area contributed by atoms with E-state index in [1.807, 2.05) is 12.3 Å². The fourth-order valence-electron chi connectivity index (χ4n) is 9.18. The Hall–Kier alpha value is -4.67. The van der Waals surface area contributed by atoms with E-state index < -0.39 is 11.9 Å². The molecule has 55 heavy (non-hydrogen) atoms. The molecule has 0 N–H and O–H groups in total. The molecule has 4 nitrogen and oxygen atoms in total. The molecule has 4 aromatic carbocycles. The van der Waals surface area contributed by atoms with Gasteiger partial charge >= 0.3 is 0 Å². The molecule has 0 saturated heterocycles. The van der Waals surface area contributed by atoms with Crippen LogP contribution >= 0.6 is 0 Å². The summed E-state index contributed by atoms with van der Waals surface area (Å²) in [6.07, 6.45) is 5.71. The first kappa shape index (κ1) is 37.3. The van der Waals surface area contributed by atoms with Crippen molar-refractivity contribution in [2.24, 2.45) is 16.7 Å². The van der Waals surface area contributed by atoms with Crippen molar-refractivity contribution < 1.29 is 9.47 Å². The highest BCUT2D eigenvalue weighted by Gasteiger charge is 2.48. The average molecular weight is 731 g/mol. The molecule has 2 aliphatic rings. The van der Waals surface area contributed by atoms with Crippen molar-refractivity contribution in [1.29, 1.82) is 0 Å². The highest BCUT2D eigenvalue weighted by molar-refractivity contribution is 6.12. The second-order valence-electron chi connectivity index (χ2n) is 18.8. The van der Waals surface area contributed by atoms with Gasteiger partial charge in [-0.2, -0.15) is 0 Å². The van der Waals surface area contributed by atoms with Gasteiger partial charge in [-0.25, -0.2) is 0 Å². The molecular weight excluding hydrogens is 673 g/mol. The quantitative estimate of drug-likeness (QED) is 0.164. The van der Waals surface area contributed by atoms with Crippen LogP contribution in [0, 0.1) is 16.7 Å². The summed E-state index contributed by atoms with van der Waals surface area (Å²) < 4.78 is 16.7. The van der Waals surface area contributed by atoms with Gasteiger partial charge in [0.05, 0.1) is 33.9 Å². The number of rotatable bonds is 7. The van der Waals surface area contributed by atoms with E-state index >= 15 is 0 Å². The van der Waals surface area contributed by atoms with Crippen molar-refractivity contribution in [3.8, 4) is 28.1 Å². The lowest BCUT2D eigenvalue weighted by Gasteiger charge is -2.49. The predicted molar refractivity (Wildman–Crippen MR) is 230 cm³/mol. The Kier molecular flexibility index (Phi) is 8.96. The number of benzene rings is 4. The third-order valence-electron chi connectivity index (χ3n) is 13.1. The molecule has 2 unspecified atom stereocenters. The number of allylic oxidation sites excluding steroid dienone is 1. The summed E-state index contributed by atoms with van der Waals surface area (Å²) in [4.78, 5) is 4.97. The van der Waals surface area contributed by atoms with Gasteiger partial charge in [-0.3, -0.25) is 4.98 Å². The lowest BCUT2D eigenvalue weighted by molar-refractivity contribution is -0.241. The molecule has 0 radical (unpaired) electrons. The minimum Gasteiger partial charge on any atom is -0.468 e. The Balaban J connectivity index is 1.31. The number of fused-ring (bicyclic) bond motifs is 5. The van der Waals surface area contributed by atoms with Crippen LogP contribution in [0.25, 0.3) is 49.9 Å². The van der Waals surface area contributed by atoms with Crippen LogP contribution in [0.3, 0.4) is 0 Å². The predicted octanol–water partition coefficient (Wildman–Crippen LogP) is 13.8. The Morgan fingerprint density at radius 1 is 0.745 bits per heavy atom. The largest absolute Gasteiger partial charge is 0.468 e. The summed E-state index contributed by atoms with van der Waals surface area (Å²) >= 11 is 0. The number of nitrogens with zero attached hydrogens (tertiary/aromatic N) is 2. The molecule has 4 heteroatoms. The lowest BCUT2D eigenvalue weighted by Crippen LogP contribution is -2.50. The van der Waals surface area contributed by atoms with Crippen LogP contribution in [-0.4, -0.2) is 21.4 Å². The van der Waals surface area contributed by atoms with Gasteiger partial charge in [0.25, 0.3) is 0 Å². The lowest BCUT2D eigenvalue weighted by atomic mass is 9.73. The molecule has 0 aliphatic carbocycles. The molecule has 0 fully saturated rings. The first-order valence-corrected chi connectivity index (χ1v) is 20.4. The van der Waals surface area contributed by atoms with E-state index in [9.17, 15) is 0 Å². The van der Waals surface area contributed by atoms with E-state index in [4.69, 9.17) is 14.5 Å². The van der Waals surface area contributed by atoms with Gasteiger partial charge in [0.2, 0.25) is 6.29 Å². The fraction of sp³-hybridized carbons (Fsp3) is 0.392. The van der Waals surface area contributed by atoms with Gasteiger partial charge in [0, 0.05) is 33.4 Å². The van der Waals surface area contributed by atoms with Gasteiger partial charge in [-0.15, -0.1) is 0 Å². The van der Waals surface area contributed by atoms with Crippen molar-refractivity contribution in [2.75, 3.05) is 0 Å². The molecule has 0 spiro atoms. The normalized spacial score (nSPS) is 20.0. The fourth-order valence-corrected chi connectivity index (χ4v) is 9.18. The second-order valence-corrected chi connectivity index (χ2v) is 18.8. The van der Waals surface area contributed by atoms with Gasteiger partial charge in [-0.1, -0.05) is 143 Å². The zero-order valence-corrected chi connectivity index (χ0v) is 34.7. The number of hydrogen-bond acceptors (Lipinski definition) is 3. The SMILES string of the molecule is CCC(CC)[C@H](c1ccc(-c2ccc3c(c2)c2cccc4c2n3-c2ccccc2C4(C)C)cc1-c1ccccn1)C1OC(C(C)(C)C)=CC(C)(C(C)(C)C)O1. The van der Waals surface area contributed by atoms with Crippen LogP contribution in [0.2, 0.25) is 0 Å². The standard InChI is InChI=1S/C51H58N2O2/c1-12-32(13-2)45(47-54-44(48(3,4)5)31-51(11,55-47)49(6,7)8)35-26-24-33(29-37(35)41-22-16-17-28-52-41)34-25-27-42-38(30-34)36-19-18-21-40-46(36)53(42)43-23-15-14-20-39(43)50(40,9)10/h14-32,45,47H,12-13H2,1-11H3/t45-,47?,51?/m1/s1. The molecule has 0 saturated carbocycles. The smallest absolute Gasteiger partial charge is 0.207 e. The zero-order valence-electron chi connectivity index (χ0n) is 34.7. The van der Waals surface area contributed by atoms with Crippen LogP contribution in [0.15, 0.2) is 115 Å². The first-order valence-electron chi connectivity index (χ1n) is 20.4. The Labute approximate surface area is 328 Å². The summed E-state index contributed by atoms with van der Waals surface area (Å²) in [5.74, 6) is 1.32. The van der Waals surface area contributed by atoms with Crippen LogP contribution < -0.4 is 0 Å². The van der Waals surface area contributed by atoms with Crippen LogP contribution in [0.4, 0.5) is 0 Å². The van der Waals surface area contributed by atoms with E-state index in [-0.39, 0.29) is 22.2 Å². The molecule has 2 aromatic heterocycles. The molecule has 284 valence electrons. The molecule has 8 rings (SSSR count). The maximum atomic E-state index is 7.21. The summed E-state index contributed by atoms with van der Waals surface area (Å²) in [5, 5.41) is 2.57. The minimum absolute atomic E-state index is 0.0160.